The Bertz CT molecular complexity index is 463. The number of aromatic nitrogens is 1. The van der Waals surface area contributed by atoms with E-state index in [2.05, 4.69) is 15.6 Å². The minimum atomic E-state index is -4.50. The van der Waals surface area contributed by atoms with Gasteiger partial charge in [0.15, 0.2) is 0 Å². The molecule has 0 aliphatic rings. The maximum absolute atomic E-state index is 12.4. The first-order valence-corrected chi connectivity index (χ1v) is 5.84. The highest BCUT2D eigenvalue weighted by Gasteiger charge is 2.31. The Kier molecular flexibility index (Phi) is 4.99. The van der Waals surface area contributed by atoms with Gasteiger partial charge in [0.2, 0.25) is 5.91 Å². The second kappa shape index (κ2) is 6.10. The third kappa shape index (κ3) is 4.94. The van der Waals surface area contributed by atoms with E-state index in [1.165, 1.54) is 0 Å². The third-order valence-electron chi connectivity index (χ3n) is 2.03. The van der Waals surface area contributed by atoms with Gasteiger partial charge in [0.1, 0.15) is 5.82 Å². The summed E-state index contributed by atoms with van der Waals surface area (Å²) in [5.41, 5.74) is -0.935. The number of carbonyl (C=O) groups excluding carboxylic acids is 1. The summed E-state index contributed by atoms with van der Waals surface area (Å²) in [7, 11) is 0. The molecule has 0 aromatic carbocycles. The van der Waals surface area contributed by atoms with Gasteiger partial charge in [-0.25, -0.2) is 4.98 Å². The molecule has 0 bridgehead atoms. The summed E-state index contributed by atoms with van der Waals surface area (Å²) in [5, 5.41) is 5.00. The van der Waals surface area contributed by atoms with E-state index >= 15 is 0 Å². The van der Waals surface area contributed by atoms with Crippen molar-refractivity contribution in [3.05, 3.63) is 22.8 Å². The van der Waals surface area contributed by atoms with Gasteiger partial charge >= 0.3 is 6.18 Å². The first kappa shape index (κ1) is 15.6. The number of halogens is 4. The van der Waals surface area contributed by atoms with Crippen LogP contribution in [0.2, 0.25) is 5.02 Å². The lowest BCUT2D eigenvalue weighted by atomic mass is 10.3. The van der Waals surface area contributed by atoms with Gasteiger partial charge in [0.25, 0.3) is 0 Å². The largest absolute Gasteiger partial charge is 0.417 e. The van der Waals surface area contributed by atoms with Crippen LogP contribution >= 0.6 is 11.6 Å². The van der Waals surface area contributed by atoms with Gasteiger partial charge < -0.3 is 10.6 Å². The molecule has 106 valence electrons. The highest BCUT2D eigenvalue weighted by Crippen LogP contribution is 2.32. The Morgan fingerprint density at radius 2 is 2.11 bits per heavy atom. The topological polar surface area (TPSA) is 54.0 Å². The number of anilines is 1. The molecular weight excluding hydrogens is 283 g/mol. The monoisotopic (exact) mass is 295 g/mol. The van der Waals surface area contributed by atoms with Crippen LogP contribution in [0.1, 0.15) is 19.4 Å². The molecular formula is C11H13ClF3N3O. The van der Waals surface area contributed by atoms with Crippen molar-refractivity contribution in [2.45, 2.75) is 26.1 Å². The summed E-state index contributed by atoms with van der Waals surface area (Å²) in [5.74, 6) is -0.263. The zero-order chi connectivity index (χ0) is 14.6. The normalized spacial score (nSPS) is 11.5. The van der Waals surface area contributed by atoms with Gasteiger partial charge in [-0.2, -0.15) is 13.2 Å². The number of hydrogen-bond acceptors (Lipinski definition) is 3. The molecule has 0 aliphatic heterocycles. The molecule has 1 aromatic heterocycles. The molecule has 0 aliphatic carbocycles. The average molecular weight is 296 g/mol. The van der Waals surface area contributed by atoms with E-state index in [0.29, 0.717) is 6.20 Å². The number of carbonyl (C=O) groups is 1. The molecule has 0 atom stereocenters. The maximum atomic E-state index is 12.4. The summed E-state index contributed by atoms with van der Waals surface area (Å²) in [6, 6.07) is 0.738. The Morgan fingerprint density at radius 1 is 1.47 bits per heavy atom. The molecule has 0 radical (unpaired) electrons. The number of pyridine rings is 1. The SMILES string of the molecule is CC(C)NC(=O)CNc1ncc(C(F)(F)F)cc1Cl. The predicted octanol–water partition coefficient (Wildman–Crippen LogP) is 2.69. The summed E-state index contributed by atoms with van der Waals surface area (Å²) in [6.45, 7) is 3.47. The van der Waals surface area contributed by atoms with Crippen LogP contribution in [0.3, 0.4) is 0 Å². The second-order valence-electron chi connectivity index (χ2n) is 4.13. The standard InChI is InChI=1S/C11H13ClF3N3O/c1-6(2)18-9(19)5-17-10-8(12)3-7(4-16-10)11(13,14)15/h3-4,6H,5H2,1-2H3,(H,16,17)(H,18,19). The number of alkyl halides is 3. The van der Waals surface area contributed by atoms with Gasteiger partial charge in [-0.05, 0) is 19.9 Å². The van der Waals surface area contributed by atoms with Crippen LogP contribution in [-0.4, -0.2) is 23.5 Å². The highest BCUT2D eigenvalue weighted by atomic mass is 35.5. The Hall–Kier alpha value is -1.50. The van der Waals surface area contributed by atoms with Crippen molar-refractivity contribution in [1.29, 1.82) is 0 Å². The van der Waals surface area contributed by atoms with E-state index in [-0.39, 0.29) is 29.3 Å². The fraction of sp³-hybridized carbons (Fsp3) is 0.455. The molecule has 1 rings (SSSR count). The van der Waals surface area contributed by atoms with Crippen LogP contribution in [0.5, 0.6) is 0 Å². The lowest BCUT2D eigenvalue weighted by Gasteiger charge is -2.12. The Morgan fingerprint density at radius 3 is 2.58 bits per heavy atom. The molecule has 19 heavy (non-hydrogen) atoms. The summed E-state index contributed by atoms with van der Waals surface area (Å²) in [4.78, 5) is 14.9. The number of hydrogen-bond donors (Lipinski definition) is 2. The smallest absolute Gasteiger partial charge is 0.360 e. The van der Waals surface area contributed by atoms with Gasteiger partial charge in [-0.15, -0.1) is 0 Å². The lowest BCUT2D eigenvalue weighted by Crippen LogP contribution is -2.35. The molecule has 1 aromatic rings. The lowest BCUT2D eigenvalue weighted by molar-refractivity contribution is -0.137. The maximum Gasteiger partial charge on any atom is 0.417 e. The van der Waals surface area contributed by atoms with E-state index in [1.54, 1.807) is 13.8 Å². The fourth-order valence-corrected chi connectivity index (χ4v) is 1.49. The molecule has 4 nitrogen and oxygen atoms in total. The van der Waals surface area contributed by atoms with E-state index in [9.17, 15) is 18.0 Å². The van der Waals surface area contributed by atoms with Crippen molar-refractivity contribution in [2.75, 3.05) is 11.9 Å². The van der Waals surface area contributed by atoms with E-state index in [0.717, 1.165) is 6.07 Å². The first-order valence-electron chi connectivity index (χ1n) is 5.46. The second-order valence-corrected chi connectivity index (χ2v) is 4.54. The highest BCUT2D eigenvalue weighted by molar-refractivity contribution is 6.33. The Labute approximate surface area is 113 Å². The summed E-state index contributed by atoms with van der Waals surface area (Å²) in [6.07, 6.45) is -3.83. The van der Waals surface area contributed by atoms with Crippen molar-refractivity contribution in [3.63, 3.8) is 0 Å². The summed E-state index contributed by atoms with van der Waals surface area (Å²) < 4.78 is 37.1. The van der Waals surface area contributed by atoms with Crippen LogP contribution in [-0.2, 0) is 11.0 Å². The quantitative estimate of drug-likeness (QED) is 0.898. The predicted molar refractivity (Wildman–Crippen MR) is 66.0 cm³/mol. The molecule has 2 N–H and O–H groups in total. The third-order valence-corrected chi connectivity index (χ3v) is 2.32. The van der Waals surface area contributed by atoms with Crippen LogP contribution in [0, 0.1) is 0 Å². The van der Waals surface area contributed by atoms with Crippen molar-refractivity contribution in [3.8, 4) is 0 Å². The van der Waals surface area contributed by atoms with Crippen LogP contribution in [0.25, 0.3) is 0 Å². The summed E-state index contributed by atoms with van der Waals surface area (Å²) >= 11 is 5.67. The molecule has 1 amide bonds. The van der Waals surface area contributed by atoms with Crippen molar-refractivity contribution in [2.24, 2.45) is 0 Å². The van der Waals surface area contributed by atoms with E-state index in [4.69, 9.17) is 11.6 Å². The van der Waals surface area contributed by atoms with Crippen LogP contribution in [0.15, 0.2) is 12.3 Å². The fourth-order valence-electron chi connectivity index (χ4n) is 1.26. The van der Waals surface area contributed by atoms with Gasteiger partial charge in [-0.1, -0.05) is 11.6 Å². The number of nitrogens with one attached hydrogen (secondary N) is 2. The zero-order valence-electron chi connectivity index (χ0n) is 10.3. The first-order chi connectivity index (χ1) is 8.70. The molecule has 0 unspecified atom stereocenters. The molecule has 0 spiro atoms. The molecule has 8 heteroatoms. The van der Waals surface area contributed by atoms with Gasteiger partial charge in [-0.3, -0.25) is 4.79 Å². The number of amides is 1. The van der Waals surface area contributed by atoms with Crippen LogP contribution < -0.4 is 10.6 Å². The van der Waals surface area contributed by atoms with Crippen LogP contribution in [0.4, 0.5) is 19.0 Å². The number of rotatable bonds is 4. The van der Waals surface area contributed by atoms with Crippen molar-refractivity contribution < 1.29 is 18.0 Å². The average Bonchev–Trinajstić information content (AvgIpc) is 2.25. The van der Waals surface area contributed by atoms with E-state index < -0.39 is 11.7 Å². The molecule has 0 saturated carbocycles. The molecule has 0 fully saturated rings. The van der Waals surface area contributed by atoms with Crippen molar-refractivity contribution >= 4 is 23.3 Å². The number of nitrogens with zero attached hydrogens (tertiary/aromatic N) is 1. The minimum Gasteiger partial charge on any atom is -0.360 e. The molecule has 0 saturated heterocycles. The van der Waals surface area contributed by atoms with Crippen molar-refractivity contribution in [1.82, 2.24) is 10.3 Å². The van der Waals surface area contributed by atoms with E-state index in [1.807, 2.05) is 0 Å². The zero-order valence-corrected chi connectivity index (χ0v) is 11.1. The Balaban J connectivity index is 2.68. The molecule has 1 heterocycles. The minimum absolute atomic E-state index is 0.0228. The van der Waals surface area contributed by atoms with Gasteiger partial charge in [0, 0.05) is 12.2 Å². The van der Waals surface area contributed by atoms with Gasteiger partial charge in [0.05, 0.1) is 17.1 Å².